The number of sulfonamides is 1. The van der Waals surface area contributed by atoms with Crippen molar-refractivity contribution in [3.05, 3.63) is 29.8 Å². The van der Waals surface area contributed by atoms with Crippen LogP contribution in [0.15, 0.2) is 23.1 Å². The first-order chi connectivity index (χ1) is 10.4. The maximum absolute atomic E-state index is 13.2. The second-order valence-corrected chi connectivity index (χ2v) is 8.07. The number of rotatable bonds is 5. The molecule has 130 valence electrons. The molecule has 1 aromatic carbocycles. The van der Waals surface area contributed by atoms with Crippen molar-refractivity contribution in [3.63, 3.8) is 0 Å². The van der Waals surface area contributed by atoms with E-state index < -0.39 is 21.7 Å². The fourth-order valence-electron chi connectivity index (χ4n) is 2.78. The van der Waals surface area contributed by atoms with Crippen molar-refractivity contribution in [1.82, 2.24) is 9.62 Å². The van der Waals surface area contributed by atoms with E-state index >= 15 is 0 Å². The first-order valence-electron chi connectivity index (χ1n) is 7.65. The van der Waals surface area contributed by atoms with Crippen LogP contribution >= 0.6 is 12.4 Å². The molecule has 2 fully saturated rings. The zero-order valence-electron chi connectivity index (χ0n) is 12.7. The summed E-state index contributed by atoms with van der Waals surface area (Å²) in [6, 6.07) is 2.75. The topological polar surface area (TPSA) is 49.4 Å². The van der Waals surface area contributed by atoms with Gasteiger partial charge in [-0.3, -0.25) is 0 Å². The second kappa shape index (κ2) is 7.42. The lowest BCUT2D eigenvalue weighted by atomic mass is 10.1. The van der Waals surface area contributed by atoms with Crippen LogP contribution in [-0.4, -0.2) is 38.4 Å². The number of nitrogens with one attached hydrogen (secondary N) is 1. The van der Waals surface area contributed by atoms with Crippen molar-refractivity contribution in [3.8, 4) is 0 Å². The highest BCUT2D eigenvalue weighted by atomic mass is 35.5. The van der Waals surface area contributed by atoms with Gasteiger partial charge in [0.15, 0.2) is 0 Å². The molecular formula is C15H21ClF2N2O2S. The highest BCUT2D eigenvalue weighted by Gasteiger charge is 2.30. The summed E-state index contributed by atoms with van der Waals surface area (Å²) in [6.07, 6.45) is 4.02. The summed E-state index contributed by atoms with van der Waals surface area (Å²) < 4.78 is 52.7. The standard InChI is InChI=1S/C15H20F2N2O2S.ClH/c16-12-7-13(17)9-15(8-12)22(20,21)19-5-3-14(4-6-19)18-10-11-1-2-11;/h7-9,11,14,18H,1-6,10H2;1H. The first kappa shape index (κ1) is 18.6. The van der Waals surface area contributed by atoms with E-state index in [1.165, 1.54) is 17.1 Å². The summed E-state index contributed by atoms with van der Waals surface area (Å²) in [6.45, 7) is 1.76. The van der Waals surface area contributed by atoms with Gasteiger partial charge in [-0.2, -0.15) is 4.31 Å². The zero-order chi connectivity index (χ0) is 15.7. The van der Waals surface area contributed by atoms with Crippen LogP contribution < -0.4 is 5.32 Å². The molecule has 1 aromatic rings. The smallest absolute Gasteiger partial charge is 0.243 e. The number of nitrogens with zero attached hydrogens (tertiary/aromatic N) is 1. The van der Waals surface area contributed by atoms with Crippen LogP contribution in [0.3, 0.4) is 0 Å². The van der Waals surface area contributed by atoms with Crippen LogP contribution in [0.5, 0.6) is 0 Å². The van der Waals surface area contributed by atoms with E-state index in [0.29, 0.717) is 25.2 Å². The van der Waals surface area contributed by atoms with Gasteiger partial charge in [-0.05, 0) is 50.3 Å². The molecule has 1 aliphatic heterocycles. The molecule has 2 aliphatic rings. The fourth-order valence-corrected chi connectivity index (χ4v) is 4.29. The predicted octanol–water partition coefficient (Wildman–Crippen LogP) is 2.54. The summed E-state index contributed by atoms with van der Waals surface area (Å²) in [4.78, 5) is -0.311. The second-order valence-electron chi connectivity index (χ2n) is 6.14. The van der Waals surface area contributed by atoms with Crippen LogP contribution in [-0.2, 0) is 10.0 Å². The molecule has 0 amide bonds. The van der Waals surface area contributed by atoms with Crippen molar-refractivity contribution in [2.75, 3.05) is 19.6 Å². The molecular weight excluding hydrogens is 346 g/mol. The minimum atomic E-state index is -3.82. The molecule has 0 radical (unpaired) electrons. The molecule has 0 bridgehead atoms. The Morgan fingerprint density at radius 3 is 2.13 bits per heavy atom. The normalized spacial score (nSPS) is 20.3. The highest BCUT2D eigenvalue weighted by molar-refractivity contribution is 7.89. The van der Waals surface area contributed by atoms with Crippen LogP contribution in [0.4, 0.5) is 8.78 Å². The minimum absolute atomic E-state index is 0. The molecule has 3 rings (SSSR count). The lowest BCUT2D eigenvalue weighted by Gasteiger charge is -2.31. The average Bonchev–Trinajstić information content (AvgIpc) is 3.29. The summed E-state index contributed by atoms with van der Waals surface area (Å²) in [5.74, 6) is -0.962. The van der Waals surface area contributed by atoms with E-state index in [2.05, 4.69) is 5.32 Å². The molecule has 0 aromatic heterocycles. The van der Waals surface area contributed by atoms with E-state index in [0.717, 1.165) is 37.4 Å². The molecule has 0 unspecified atom stereocenters. The Balaban J connectivity index is 0.00000192. The van der Waals surface area contributed by atoms with Crippen LogP contribution in [0.25, 0.3) is 0 Å². The third-order valence-electron chi connectivity index (χ3n) is 4.32. The molecule has 0 atom stereocenters. The van der Waals surface area contributed by atoms with Crippen molar-refractivity contribution < 1.29 is 17.2 Å². The SMILES string of the molecule is Cl.O=S(=O)(c1cc(F)cc(F)c1)N1CCC(NCC2CC2)CC1. The number of piperidine rings is 1. The molecule has 8 heteroatoms. The Hall–Kier alpha value is -0.760. The maximum Gasteiger partial charge on any atom is 0.243 e. The Morgan fingerprint density at radius 1 is 1.04 bits per heavy atom. The summed E-state index contributed by atoms with van der Waals surface area (Å²) in [5.41, 5.74) is 0. The maximum atomic E-state index is 13.2. The summed E-state index contributed by atoms with van der Waals surface area (Å²) in [7, 11) is -3.82. The number of hydrogen-bond acceptors (Lipinski definition) is 3. The van der Waals surface area contributed by atoms with Gasteiger partial charge in [0, 0.05) is 25.2 Å². The molecule has 23 heavy (non-hydrogen) atoms. The van der Waals surface area contributed by atoms with Gasteiger partial charge in [0.2, 0.25) is 10.0 Å². The lowest BCUT2D eigenvalue weighted by Crippen LogP contribution is -2.45. The molecule has 4 nitrogen and oxygen atoms in total. The molecule has 1 saturated heterocycles. The van der Waals surface area contributed by atoms with E-state index in [-0.39, 0.29) is 17.3 Å². The van der Waals surface area contributed by atoms with Crippen LogP contribution in [0, 0.1) is 17.6 Å². The summed E-state index contributed by atoms with van der Waals surface area (Å²) in [5, 5.41) is 3.47. The minimum Gasteiger partial charge on any atom is -0.314 e. The van der Waals surface area contributed by atoms with Crippen molar-refractivity contribution in [2.45, 2.75) is 36.6 Å². The number of halogens is 3. The van der Waals surface area contributed by atoms with Gasteiger partial charge >= 0.3 is 0 Å². The Bertz CT molecular complexity index is 625. The lowest BCUT2D eigenvalue weighted by molar-refractivity contribution is 0.288. The Kier molecular flexibility index (Phi) is 5.99. The Labute approximate surface area is 141 Å². The molecule has 1 aliphatic carbocycles. The van der Waals surface area contributed by atoms with Crippen molar-refractivity contribution in [1.29, 1.82) is 0 Å². The van der Waals surface area contributed by atoms with Gasteiger partial charge in [-0.25, -0.2) is 17.2 Å². The van der Waals surface area contributed by atoms with Crippen LogP contribution in [0.2, 0.25) is 0 Å². The van der Waals surface area contributed by atoms with Crippen LogP contribution in [0.1, 0.15) is 25.7 Å². The van der Waals surface area contributed by atoms with Gasteiger partial charge in [0.1, 0.15) is 11.6 Å². The molecule has 1 saturated carbocycles. The summed E-state index contributed by atoms with van der Waals surface area (Å²) >= 11 is 0. The monoisotopic (exact) mass is 366 g/mol. The van der Waals surface area contributed by atoms with Crippen molar-refractivity contribution >= 4 is 22.4 Å². The molecule has 1 N–H and O–H groups in total. The third-order valence-corrected chi connectivity index (χ3v) is 6.20. The average molecular weight is 367 g/mol. The fraction of sp³-hybridized carbons (Fsp3) is 0.600. The number of benzene rings is 1. The van der Waals surface area contributed by atoms with E-state index in [1.54, 1.807) is 0 Å². The van der Waals surface area contributed by atoms with E-state index in [1.807, 2.05) is 0 Å². The van der Waals surface area contributed by atoms with Gasteiger partial charge in [-0.1, -0.05) is 0 Å². The van der Waals surface area contributed by atoms with Gasteiger partial charge < -0.3 is 5.32 Å². The van der Waals surface area contributed by atoms with Gasteiger partial charge in [0.05, 0.1) is 4.90 Å². The van der Waals surface area contributed by atoms with Crippen molar-refractivity contribution in [2.24, 2.45) is 5.92 Å². The quantitative estimate of drug-likeness (QED) is 0.871. The first-order valence-corrected chi connectivity index (χ1v) is 9.09. The predicted molar refractivity (Wildman–Crippen MR) is 86.1 cm³/mol. The zero-order valence-corrected chi connectivity index (χ0v) is 14.3. The van der Waals surface area contributed by atoms with E-state index in [9.17, 15) is 17.2 Å². The van der Waals surface area contributed by atoms with Gasteiger partial charge in [0.25, 0.3) is 0 Å². The van der Waals surface area contributed by atoms with Gasteiger partial charge in [-0.15, -0.1) is 12.4 Å². The molecule has 0 spiro atoms. The Morgan fingerprint density at radius 2 is 1.61 bits per heavy atom. The largest absolute Gasteiger partial charge is 0.314 e. The molecule has 1 heterocycles. The third kappa shape index (κ3) is 4.62. The number of hydrogen-bond donors (Lipinski definition) is 1. The van der Waals surface area contributed by atoms with E-state index in [4.69, 9.17) is 0 Å². The highest BCUT2D eigenvalue weighted by Crippen LogP contribution is 2.28.